The van der Waals surface area contributed by atoms with Crippen LogP contribution in [0.2, 0.25) is 0 Å². The predicted molar refractivity (Wildman–Crippen MR) is 63.7 cm³/mol. The standard InChI is InChI=1S/C13H22O2/c1-3-5-6-7-8-9-10-11-12-13(14)15-4-2/h8-9,11-12H,3-7,10H2,1-2H3/b9-8+,12-11+. The number of unbranched alkanes of at least 4 members (excludes halogenated alkanes) is 3. The highest BCUT2D eigenvalue weighted by atomic mass is 16.5. The van der Waals surface area contributed by atoms with Crippen molar-refractivity contribution in [3.63, 3.8) is 0 Å². The molecule has 0 aliphatic heterocycles. The largest absolute Gasteiger partial charge is 0.463 e. The first-order chi connectivity index (χ1) is 7.31. The highest BCUT2D eigenvalue weighted by Gasteiger charge is 1.90. The van der Waals surface area contributed by atoms with Gasteiger partial charge >= 0.3 is 5.97 Å². The van der Waals surface area contributed by atoms with Crippen LogP contribution in [0, 0.1) is 0 Å². The number of rotatable bonds is 8. The average Bonchev–Trinajstić information content (AvgIpc) is 2.22. The van der Waals surface area contributed by atoms with E-state index in [1.54, 1.807) is 6.92 Å². The van der Waals surface area contributed by atoms with Crippen molar-refractivity contribution in [2.75, 3.05) is 6.61 Å². The first-order valence-electron chi connectivity index (χ1n) is 5.79. The Morgan fingerprint density at radius 3 is 2.60 bits per heavy atom. The molecule has 0 aliphatic rings. The second kappa shape index (κ2) is 11.0. The summed E-state index contributed by atoms with van der Waals surface area (Å²) in [6, 6.07) is 0. The molecule has 0 aliphatic carbocycles. The maximum atomic E-state index is 10.9. The normalized spacial score (nSPS) is 11.3. The number of hydrogen-bond donors (Lipinski definition) is 0. The molecule has 0 saturated carbocycles. The average molecular weight is 210 g/mol. The summed E-state index contributed by atoms with van der Waals surface area (Å²) >= 11 is 0. The van der Waals surface area contributed by atoms with Crippen LogP contribution in [0.5, 0.6) is 0 Å². The molecule has 86 valence electrons. The summed E-state index contributed by atoms with van der Waals surface area (Å²) in [6.07, 6.45) is 13.3. The van der Waals surface area contributed by atoms with E-state index in [1.165, 1.54) is 25.3 Å². The van der Waals surface area contributed by atoms with Crippen molar-refractivity contribution in [1.29, 1.82) is 0 Å². The zero-order valence-corrected chi connectivity index (χ0v) is 9.87. The van der Waals surface area contributed by atoms with Gasteiger partial charge in [-0.25, -0.2) is 4.79 Å². The Morgan fingerprint density at radius 1 is 1.13 bits per heavy atom. The topological polar surface area (TPSA) is 26.3 Å². The van der Waals surface area contributed by atoms with Crippen LogP contribution in [0.1, 0.15) is 46.0 Å². The molecule has 15 heavy (non-hydrogen) atoms. The molecule has 0 N–H and O–H groups in total. The van der Waals surface area contributed by atoms with Crippen molar-refractivity contribution < 1.29 is 9.53 Å². The summed E-state index contributed by atoms with van der Waals surface area (Å²) in [5, 5.41) is 0. The molecule has 0 fully saturated rings. The van der Waals surface area contributed by atoms with E-state index in [9.17, 15) is 4.79 Å². The summed E-state index contributed by atoms with van der Waals surface area (Å²) in [4.78, 5) is 10.9. The van der Waals surface area contributed by atoms with Crippen molar-refractivity contribution >= 4 is 5.97 Å². The molecule has 0 rings (SSSR count). The van der Waals surface area contributed by atoms with Gasteiger partial charge in [-0.1, -0.05) is 38.0 Å². The molecule has 0 radical (unpaired) electrons. The molecule has 0 saturated heterocycles. The highest BCUT2D eigenvalue weighted by Crippen LogP contribution is 2.00. The lowest BCUT2D eigenvalue weighted by Crippen LogP contribution is -1.98. The Labute approximate surface area is 93.0 Å². The van der Waals surface area contributed by atoms with Gasteiger partial charge in [-0.2, -0.15) is 0 Å². The smallest absolute Gasteiger partial charge is 0.330 e. The van der Waals surface area contributed by atoms with E-state index in [1.807, 2.05) is 6.08 Å². The van der Waals surface area contributed by atoms with E-state index < -0.39 is 0 Å². The van der Waals surface area contributed by atoms with E-state index in [0.29, 0.717) is 6.61 Å². The van der Waals surface area contributed by atoms with Crippen LogP contribution in [0.25, 0.3) is 0 Å². The molecule has 2 nitrogen and oxygen atoms in total. The van der Waals surface area contributed by atoms with Crippen LogP contribution >= 0.6 is 0 Å². The van der Waals surface area contributed by atoms with E-state index in [-0.39, 0.29) is 5.97 Å². The Bertz CT molecular complexity index is 205. The molecular weight excluding hydrogens is 188 g/mol. The van der Waals surface area contributed by atoms with Crippen LogP contribution in [0.3, 0.4) is 0 Å². The van der Waals surface area contributed by atoms with Gasteiger partial charge in [-0.15, -0.1) is 0 Å². The summed E-state index contributed by atoms with van der Waals surface area (Å²) < 4.78 is 4.75. The zero-order chi connectivity index (χ0) is 11.4. The number of carbonyl (C=O) groups is 1. The minimum atomic E-state index is -0.253. The van der Waals surface area contributed by atoms with Crippen molar-refractivity contribution in [2.45, 2.75) is 46.0 Å². The molecule has 0 unspecified atom stereocenters. The number of esters is 1. The van der Waals surface area contributed by atoms with Gasteiger partial charge < -0.3 is 4.74 Å². The maximum absolute atomic E-state index is 10.9. The third kappa shape index (κ3) is 10.9. The van der Waals surface area contributed by atoms with Crippen LogP contribution < -0.4 is 0 Å². The second-order valence-electron chi connectivity index (χ2n) is 3.36. The monoisotopic (exact) mass is 210 g/mol. The van der Waals surface area contributed by atoms with Gasteiger partial charge in [0.1, 0.15) is 0 Å². The SMILES string of the molecule is CCCCC/C=C/C/C=C/C(=O)OCC. The van der Waals surface area contributed by atoms with E-state index >= 15 is 0 Å². The van der Waals surface area contributed by atoms with Crippen molar-refractivity contribution in [1.82, 2.24) is 0 Å². The lowest BCUT2D eigenvalue weighted by molar-refractivity contribution is -0.137. The molecule has 0 aromatic carbocycles. The van der Waals surface area contributed by atoms with Gasteiger partial charge in [0, 0.05) is 6.08 Å². The second-order valence-corrected chi connectivity index (χ2v) is 3.36. The lowest BCUT2D eigenvalue weighted by atomic mass is 10.2. The first kappa shape index (κ1) is 13.9. The fourth-order valence-electron chi connectivity index (χ4n) is 1.16. The molecule has 0 atom stereocenters. The van der Waals surface area contributed by atoms with Crippen LogP contribution in [0.4, 0.5) is 0 Å². The van der Waals surface area contributed by atoms with E-state index in [2.05, 4.69) is 19.1 Å². The Kier molecular flexibility index (Phi) is 10.3. The van der Waals surface area contributed by atoms with Gasteiger partial charge in [0.25, 0.3) is 0 Å². The third-order valence-electron chi connectivity index (χ3n) is 1.95. The number of hydrogen-bond acceptors (Lipinski definition) is 2. The molecule has 0 heterocycles. The number of allylic oxidation sites excluding steroid dienone is 3. The van der Waals surface area contributed by atoms with Crippen molar-refractivity contribution in [3.05, 3.63) is 24.3 Å². The highest BCUT2D eigenvalue weighted by molar-refractivity contribution is 5.81. The fourth-order valence-corrected chi connectivity index (χ4v) is 1.16. The lowest BCUT2D eigenvalue weighted by Gasteiger charge is -1.93. The quantitative estimate of drug-likeness (QED) is 0.265. The van der Waals surface area contributed by atoms with Crippen LogP contribution in [-0.2, 0) is 9.53 Å². The Morgan fingerprint density at radius 2 is 1.93 bits per heavy atom. The van der Waals surface area contributed by atoms with Gasteiger partial charge in [-0.05, 0) is 26.2 Å². The van der Waals surface area contributed by atoms with Crippen LogP contribution in [0.15, 0.2) is 24.3 Å². The van der Waals surface area contributed by atoms with Crippen LogP contribution in [-0.4, -0.2) is 12.6 Å². The Balaban J connectivity index is 3.39. The zero-order valence-electron chi connectivity index (χ0n) is 9.87. The van der Waals surface area contributed by atoms with Gasteiger partial charge in [-0.3, -0.25) is 0 Å². The molecule has 0 bridgehead atoms. The van der Waals surface area contributed by atoms with E-state index in [4.69, 9.17) is 4.74 Å². The van der Waals surface area contributed by atoms with Crippen molar-refractivity contribution in [2.24, 2.45) is 0 Å². The van der Waals surface area contributed by atoms with Crippen molar-refractivity contribution in [3.8, 4) is 0 Å². The predicted octanol–water partition coefficient (Wildman–Crippen LogP) is 3.63. The molecule has 2 heteroatoms. The molecule has 0 amide bonds. The molecule has 0 aromatic heterocycles. The number of ether oxygens (including phenoxy) is 1. The summed E-state index contributed by atoms with van der Waals surface area (Å²) in [6.45, 7) is 4.45. The van der Waals surface area contributed by atoms with Gasteiger partial charge in [0.05, 0.1) is 6.61 Å². The van der Waals surface area contributed by atoms with Gasteiger partial charge in [0.15, 0.2) is 0 Å². The third-order valence-corrected chi connectivity index (χ3v) is 1.95. The molecular formula is C13H22O2. The summed E-state index contributed by atoms with van der Waals surface area (Å²) in [7, 11) is 0. The maximum Gasteiger partial charge on any atom is 0.330 e. The molecule has 0 aromatic rings. The molecule has 0 spiro atoms. The summed E-state index contributed by atoms with van der Waals surface area (Å²) in [5.74, 6) is -0.253. The summed E-state index contributed by atoms with van der Waals surface area (Å²) in [5.41, 5.74) is 0. The Hall–Kier alpha value is -1.05. The van der Waals surface area contributed by atoms with Gasteiger partial charge in [0.2, 0.25) is 0 Å². The fraction of sp³-hybridized carbons (Fsp3) is 0.615. The minimum absolute atomic E-state index is 0.253. The van der Waals surface area contributed by atoms with E-state index in [0.717, 1.165) is 12.8 Å². The number of carbonyl (C=O) groups excluding carboxylic acids is 1. The minimum Gasteiger partial charge on any atom is -0.463 e. The first-order valence-corrected chi connectivity index (χ1v) is 5.79.